The zero-order valence-corrected chi connectivity index (χ0v) is 9.09. The van der Waals surface area contributed by atoms with Crippen molar-refractivity contribution in [1.82, 2.24) is 4.98 Å². The van der Waals surface area contributed by atoms with Crippen molar-refractivity contribution in [1.29, 1.82) is 0 Å². The zero-order chi connectivity index (χ0) is 10.2. The number of hydrogen-bond donors (Lipinski definition) is 0. The molecule has 2 nitrogen and oxygen atoms in total. The number of anilines is 1. The predicted molar refractivity (Wildman–Crippen MR) is 57.3 cm³/mol. The van der Waals surface area contributed by atoms with E-state index in [1.807, 2.05) is 0 Å². The molecule has 0 atom stereocenters. The molecule has 0 amide bonds. The first-order valence-electron chi connectivity index (χ1n) is 5.14. The number of rotatable bonds is 0. The summed E-state index contributed by atoms with van der Waals surface area (Å²) in [5, 5.41) is 0. The molecule has 1 aliphatic heterocycles. The Morgan fingerprint density at radius 2 is 2.21 bits per heavy atom. The molecular weight excluding hydrogens is 172 g/mol. The van der Waals surface area contributed by atoms with Crippen molar-refractivity contribution in [3.63, 3.8) is 0 Å². The molecule has 14 heavy (non-hydrogen) atoms. The SMILES string of the molecule is CC(C)(C)N1CCCc2c#ccnc21. The first-order chi connectivity index (χ1) is 6.59. The summed E-state index contributed by atoms with van der Waals surface area (Å²) in [5.74, 6) is 1.10. The van der Waals surface area contributed by atoms with Crippen LogP contribution in [0, 0.1) is 12.1 Å². The first-order valence-corrected chi connectivity index (χ1v) is 5.14. The van der Waals surface area contributed by atoms with Gasteiger partial charge >= 0.3 is 0 Å². The van der Waals surface area contributed by atoms with Gasteiger partial charge in [0, 0.05) is 17.6 Å². The van der Waals surface area contributed by atoms with Gasteiger partial charge in [-0.25, -0.2) is 4.98 Å². The monoisotopic (exact) mass is 188 g/mol. The molecule has 0 saturated carbocycles. The summed E-state index contributed by atoms with van der Waals surface area (Å²) in [4.78, 5) is 6.76. The van der Waals surface area contributed by atoms with E-state index in [-0.39, 0.29) is 5.54 Å². The molecule has 2 heterocycles. The van der Waals surface area contributed by atoms with Gasteiger partial charge in [-0.2, -0.15) is 0 Å². The van der Waals surface area contributed by atoms with Crippen LogP contribution in [0.25, 0.3) is 0 Å². The second-order valence-electron chi connectivity index (χ2n) is 4.76. The lowest BCUT2D eigenvalue weighted by Crippen LogP contribution is -2.44. The van der Waals surface area contributed by atoms with Crippen molar-refractivity contribution in [2.75, 3.05) is 11.4 Å². The van der Waals surface area contributed by atoms with Crippen LogP contribution in [-0.4, -0.2) is 17.1 Å². The average Bonchev–Trinajstić information content (AvgIpc) is 2.15. The number of fused-ring (bicyclic) bond motifs is 1. The fourth-order valence-corrected chi connectivity index (χ4v) is 1.93. The summed E-state index contributed by atoms with van der Waals surface area (Å²) in [5.41, 5.74) is 1.37. The molecule has 2 heteroatoms. The van der Waals surface area contributed by atoms with Crippen LogP contribution in [0.2, 0.25) is 0 Å². The van der Waals surface area contributed by atoms with Crippen LogP contribution in [0.5, 0.6) is 0 Å². The Kier molecular flexibility index (Phi) is 2.11. The van der Waals surface area contributed by atoms with Gasteiger partial charge < -0.3 is 4.90 Å². The quantitative estimate of drug-likeness (QED) is 0.620. The molecule has 0 aromatic carbocycles. The van der Waals surface area contributed by atoms with Crippen molar-refractivity contribution in [2.24, 2.45) is 0 Å². The van der Waals surface area contributed by atoms with E-state index >= 15 is 0 Å². The topological polar surface area (TPSA) is 16.1 Å². The van der Waals surface area contributed by atoms with Gasteiger partial charge in [-0.3, -0.25) is 0 Å². The normalized spacial score (nSPS) is 16.1. The molecule has 0 saturated heterocycles. The van der Waals surface area contributed by atoms with E-state index in [4.69, 9.17) is 0 Å². The molecule has 2 rings (SSSR count). The Morgan fingerprint density at radius 3 is 2.93 bits per heavy atom. The van der Waals surface area contributed by atoms with Gasteiger partial charge in [-0.1, -0.05) is 6.07 Å². The largest absolute Gasteiger partial charge is 0.351 e. The van der Waals surface area contributed by atoms with E-state index < -0.39 is 0 Å². The molecule has 0 spiro atoms. The molecular formula is C12H16N2. The van der Waals surface area contributed by atoms with Gasteiger partial charge in [0.1, 0.15) is 5.82 Å². The lowest BCUT2D eigenvalue weighted by atomic mass is 9.99. The highest BCUT2D eigenvalue weighted by Gasteiger charge is 2.27. The molecule has 74 valence electrons. The van der Waals surface area contributed by atoms with Gasteiger partial charge in [0.05, 0.1) is 6.20 Å². The van der Waals surface area contributed by atoms with Crippen molar-refractivity contribution >= 4 is 5.82 Å². The second-order valence-corrected chi connectivity index (χ2v) is 4.76. The minimum Gasteiger partial charge on any atom is -0.351 e. The predicted octanol–water partition coefficient (Wildman–Crippen LogP) is 2.23. The van der Waals surface area contributed by atoms with E-state index in [0.29, 0.717) is 0 Å². The van der Waals surface area contributed by atoms with Crippen molar-refractivity contribution in [3.05, 3.63) is 23.9 Å². The van der Waals surface area contributed by atoms with E-state index in [1.165, 1.54) is 12.0 Å². The maximum absolute atomic E-state index is 4.41. The van der Waals surface area contributed by atoms with Gasteiger partial charge in [0.15, 0.2) is 0 Å². The molecule has 0 aliphatic carbocycles. The third-order valence-electron chi connectivity index (χ3n) is 2.62. The molecule has 1 aromatic heterocycles. The second kappa shape index (κ2) is 3.16. The molecule has 0 N–H and O–H groups in total. The first kappa shape index (κ1) is 9.33. The summed E-state index contributed by atoms with van der Waals surface area (Å²) in [7, 11) is 0. The van der Waals surface area contributed by atoms with Gasteiger partial charge in [-0.15, -0.1) is 0 Å². The lowest BCUT2D eigenvalue weighted by Gasteiger charge is -2.39. The molecule has 0 unspecified atom stereocenters. The Bertz CT molecular complexity index is 325. The third-order valence-corrected chi connectivity index (χ3v) is 2.62. The summed E-state index contributed by atoms with van der Waals surface area (Å²) in [6.07, 6.45) is 4.00. The van der Waals surface area contributed by atoms with Gasteiger partial charge in [-0.05, 0) is 39.7 Å². The van der Waals surface area contributed by atoms with Crippen LogP contribution in [0.15, 0.2) is 6.20 Å². The van der Waals surface area contributed by atoms with Crippen LogP contribution in [0.4, 0.5) is 5.82 Å². The van der Waals surface area contributed by atoms with Crippen molar-refractivity contribution < 1.29 is 0 Å². The lowest BCUT2D eigenvalue weighted by molar-refractivity contribution is 0.478. The van der Waals surface area contributed by atoms with Crippen LogP contribution < -0.4 is 4.90 Å². The zero-order valence-electron chi connectivity index (χ0n) is 9.09. The maximum atomic E-state index is 4.41. The summed E-state index contributed by atoms with van der Waals surface area (Å²) in [6, 6.07) is 6.09. The Hall–Kier alpha value is -1.23. The highest BCUT2D eigenvalue weighted by atomic mass is 15.2. The standard InChI is InChI=1S/C12H16N2/c1-12(2,3)14-9-5-7-10-6-4-8-13-11(10)14/h8H,5,7,9H2,1-3H3. The van der Waals surface area contributed by atoms with E-state index in [0.717, 1.165) is 18.8 Å². The van der Waals surface area contributed by atoms with Gasteiger partial charge in [0.25, 0.3) is 0 Å². The number of aromatic nitrogens is 1. The van der Waals surface area contributed by atoms with Crippen molar-refractivity contribution in [2.45, 2.75) is 39.2 Å². The third kappa shape index (κ3) is 1.55. The average molecular weight is 188 g/mol. The highest BCUT2D eigenvalue weighted by Crippen LogP contribution is 2.28. The van der Waals surface area contributed by atoms with Crippen LogP contribution >= 0.6 is 0 Å². The molecule has 0 fully saturated rings. The van der Waals surface area contributed by atoms with Crippen LogP contribution in [0.1, 0.15) is 32.8 Å². The minimum absolute atomic E-state index is 0.150. The molecule has 0 radical (unpaired) electrons. The highest BCUT2D eigenvalue weighted by molar-refractivity contribution is 5.49. The summed E-state index contributed by atoms with van der Waals surface area (Å²) >= 11 is 0. The fraction of sp³-hybridized carbons (Fsp3) is 0.583. The smallest absolute Gasteiger partial charge is 0.141 e. The minimum atomic E-state index is 0.150. The Balaban J connectivity index is 2.41. The molecule has 1 aliphatic rings. The van der Waals surface area contributed by atoms with Crippen LogP contribution in [0.3, 0.4) is 0 Å². The maximum Gasteiger partial charge on any atom is 0.141 e. The van der Waals surface area contributed by atoms with E-state index in [9.17, 15) is 0 Å². The van der Waals surface area contributed by atoms with Gasteiger partial charge in [0.2, 0.25) is 0 Å². The summed E-state index contributed by atoms with van der Waals surface area (Å²) < 4.78 is 0. The number of hydrogen-bond acceptors (Lipinski definition) is 2. The summed E-state index contributed by atoms with van der Waals surface area (Å²) in [6.45, 7) is 7.77. The van der Waals surface area contributed by atoms with Crippen molar-refractivity contribution in [3.8, 4) is 0 Å². The van der Waals surface area contributed by atoms with Crippen LogP contribution in [-0.2, 0) is 6.42 Å². The van der Waals surface area contributed by atoms with E-state index in [2.05, 4.69) is 42.8 Å². The van der Waals surface area contributed by atoms with E-state index in [1.54, 1.807) is 6.20 Å². The Labute approximate surface area is 86.0 Å². The number of nitrogens with zero attached hydrogens (tertiary/aromatic N) is 2. The molecule has 0 bridgehead atoms. The molecule has 1 aromatic rings. The Morgan fingerprint density at radius 1 is 1.43 bits per heavy atom. The fourth-order valence-electron chi connectivity index (χ4n) is 1.93.